The first-order valence-electron chi connectivity index (χ1n) is 8.11. The number of alkyl halides is 5. The number of benzene rings is 2. The molecule has 0 aliphatic carbocycles. The maximum Gasteiger partial charge on any atom is 0.573 e. The van der Waals surface area contributed by atoms with E-state index in [0.29, 0.717) is 0 Å². The van der Waals surface area contributed by atoms with Gasteiger partial charge in [0, 0.05) is 23.7 Å². The third-order valence-corrected chi connectivity index (χ3v) is 3.50. The van der Waals surface area contributed by atoms with E-state index in [9.17, 15) is 26.7 Å². The van der Waals surface area contributed by atoms with Crippen molar-refractivity contribution < 1.29 is 41.0 Å². The van der Waals surface area contributed by atoms with Crippen molar-refractivity contribution in [3.63, 3.8) is 0 Å². The lowest BCUT2D eigenvalue weighted by atomic mass is 10.1. The molecule has 0 radical (unpaired) electrons. The minimum Gasteiger partial charge on any atom is -0.493 e. The molecule has 10 heteroatoms. The minimum atomic E-state index is -4.87. The first-order valence-corrected chi connectivity index (χ1v) is 8.11. The normalized spacial score (nSPS) is 11.6. The number of amides is 1. The molecule has 1 N–H and O–H groups in total. The summed E-state index contributed by atoms with van der Waals surface area (Å²) >= 11 is 0. The fourth-order valence-corrected chi connectivity index (χ4v) is 2.32. The predicted molar refractivity (Wildman–Crippen MR) is 93.6 cm³/mol. The highest BCUT2D eigenvalue weighted by atomic mass is 19.4. The van der Waals surface area contributed by atoms with Crippen LogP contribution in [0.3, 0.4) is 0 Å². The third-order valence-electron chi connectivity index (χ3n) is 3.50. The van der Waals surface area contributed by atoms with Gasteiger partial charge in [0.05, 0.1) is 7.11 Å². The van der Waals surface area contributed by atoms with Gasteiger partial charge in [-0.15, -0.1) is 13.2 Å². The van der Waals surface area contributed by atoms with Crippen molar-refractivity contribution >= 4 is 12.0 Å². The number of nitrogens with one attached hydrogen (secondary N) is 1. The van der Waals surface area contributed by atoms with E-state index in [0.717, 1.165) is 12.1 Å². The second-order valence-electron chi connectivity index (χ2n) is 5.46. The fourth-order valence-electron chi connectivity index (χ4n) is 2.32. The van der Waals surface area contributed by atoms with Crippen LogP contribution >= 0.6 is 0 Å². The first-order chi connectivity index (χ1) is 13.7. The number of carbonyl (C=O) groups excluding carboxylic acids is 1. The van der Waals surface area contributed by atoms with Crippen molar-refractivity contribution in [1.29, 1.82) is 0 Å². The molecule has 2 rings (SSSR count). The molecule has 0 saturated carbocycles. The number of hydrogen-bond acceptors (Lipinski definition) is 4. The van der Waals surface area contributed by atoms with Crippen molar-refractivity contribution in [1.82, 2.24) is 5.32 Å². The largest absolute Gasteiger partial charge is 0.573 e. The van der Waals surface area contributed by atoms with Crippen LogP contribution in [0.25, 0.3) is 6.08 Å². The van der Waals surface area contributed by atoms with Gasteiger partial charge in [0.25, 0.3) is 0 Å². The van der Waals surface area contributed by atoms with Crippen LogP contribution in [0.2, 0.25) is 0 Å². The van der Waals surface area contributed by atoms with Gasteiger partial charge in [0.15, 0.2) is 11.5 Å². The summed E-state index contributed by atoms with van der Waals surface area (Å²) in [7, 11) is 1.27. The Balaban J connectivity index is 2.08. The van der Waals surface area contributed by atoms with Gasteiger partial charge in [0.1, 0.15) is 5.75 Å². The highest BCUT2D eigenvalue weighted by molar-refractivity contribution is 5.92. The molecule has 0 spiro atoms. The summed E-state index contributed by atoms with van der Waals surface area (Å²) in [6.07, 6.45) is -2.62. The van der Waals surface area contributed by atoms with E-state index in [1.54, 1.807) is 0 Å². The van der Waals surface area contributed by atoms with Crippen LogP contribution < -0.4 is 19.5 Å². The average Bonchev–Trinajstić information content (AvgIpc) is 2.64. The molecule has 0 aliphatic heterocycles. The van der Waals surface area contributed by atoms with Crippen molar-refractivity contribution in [3.8, 4) is 17.2 Å². The second kappa shape index (κ2) is 9.76. The lowest BCUT2D eigenvalue weighted by molar-refractivity contribution is -0.274. The lowest BCUT2D eigenvalue weighted by Gasteiger charge is -2.13. The molecular formula is C19H16F5NO4. The van der Waals surface area contributed by atoms with E-state index in [1.807, 2.05) is 0 Å². The molecule has 0 atom stereocenters. The van der Waals surface area contributed by atoms with E-state index in [4.69, 9.17) is 4.74 Å². The summed E-state index contributed by atoms with van der Waals surface area (Å²) < 4.78 is 75.8. The van der Waals surface area contributed by atoms with Gasteiger partial charge in [0.2, 0.25) is 5.91 Å². The Morgan fingerprint density at radius 2 is 1.79 bits per heavy atom. The van der Waals surface area contributed by atoms with E-state index in [1.165, 1.54) is 49.6 Å². The van der Waals surface area contributed by atoms with Crippen LogP contribution in [0.15, 0.2) is 48.5 Å². The van der Waals surface area contributed by atoms with E-state index >= 15 is 0 Å². The van der Waals surface area contributed by atoms with Crippen LogP contribution in [0.1, 0.15) is 11.1 Å². The van der Waals surface area contributed by atoms with E-state index < -0.39 is 24.6 Å². The van der Waals surface area contributed by atoms with Crippen molar-refractivity contribution in [3.05, 3.63) is 59.7 Å². The van der Waals surface area contributed by atoms with Crippen LogP contribution in [-0.4, -0.2) is 26.0 Å². The molecule has 2 aromatic rings. The van der Waals surface area contributed by atoms with Gasteiger partial charge in [-0.25, -0.2) is 0 Å². The molecule has 0 bridgehead atoms. The molecule has 2 aromatic carbocycles. The summed E-state index contributed by atoms with van der Waals surface area (Å²) in [6.45, 7) is -3.34. The number of para-hydroxylation sites is 2. The van der Waals surface area contributed by atoms with Gasteiger partial charge < -0.3 is 19.5 Å². The van der Waals surface area contributed by atoms with Gasteiger partial charge in [-0.3, -0.25) is 4.79 Å². The summed E-state index contributed by atoms with van der Waals surface area (Å²) in [4.78, 5) is 12.0. The first kappa shape index (κ1) is 22.0. The zero-order chi connectivity index (χ0) is 21.4. The number of methoxy groups -OCH3 is 1. The molecule has 0 heterocycles. The standard InChI is InChI=1S/C19H16F5NO4/c1-27-15-8-4-6-12(17(15)28-18(20)21)9-10-16(26)25-11-13-5-2-3-7-14(13)29-19(22,23)24/h2-10,18H,11H2,1H3,(H,25,26)/b10-9+. The molecule has 0 fully saturated rings. The lowest BCUT2D eigenvalue weighted by Crippen LogP contribution is -2.22. The highest BCUT2D eigenvalue weighted by Crippen LogP contribution is 2.33. The van der Waals surface area contributed by atoms with Gasteiger partial charge in [-0.05, 0) is 18.2 Å². The van der Waals surface area contributed by atoms with Crippen LogP contribution in [0.5, 0.6) is 17.2 Å². The molecule has 0 unspecified atom stereocenters. The third kappa shape index (κ3) is 6.98. The maximum absolute atomic E-state index is 12.6. The quantitative estimate of drug-likeness (QED) is 0.507. The zero-order valence-corrected chi connectivity index (χ0v) is 15.0. The van der Waals surface area contributed by atoms with Crippen molar-refractivity contribution in [2.24, 2.45) is 0 Å². The number of ether oxygens (including phenoxy) is 3. The molecule has 29 heavy (non-hydrogen) atoms. The number of halogens is 5. The Morgan fingerprint density at radius 1 is 1.10 bits per heavy atom. The van der Waals surface area contributed by atoms with Crippen molar-refractivity contribution in [2.75, 3.05) is 7.11 Å². The number of rotatable bonds is 8. The number of hydrogen-bond donors (Lipinski definition) is 1. The van der Waals surface area contributed by atoms with E-state index in [2.05, 4.69) is 14.8 Å². The molecule has 0 aliphatic rings. The Bertz CT molecular complexity index is 868. The maximum atomic E-state index is 12.6. The Hall–Kier alpha value is -3.30. The summed E-state index contributed by atoms with van der Waals surface area (Å²) in [5.41, 5.74) is 0.260. The molecule has 0 saturated heterocycles. The molecule has 5 nitrogen and oxygen atoms in total. The highest BCUT2D eigenvalue weighted by Gasteiger charge is 2.31. The fraction of sp³-hybridized carbons (Fsp3) is 0.211. The second-order valence-corrected chi connectivity index (χ2v) is 5.46. The average molecular weight is 417 g/mol. The minimum absolute atomic E-state index is 0.0473. The Morgan fingerprint density at radius 3 is 2.45 bits per heavy atom. The smallest absolute Gasteiger partial charge is 0.493 e. The summed E-state index contributed by atoms with van der Waals surface area (Å²) in [5, 5.41) is 2.39. The van der Waals surface area contributed by atoms with Crippen LogP contribution in [0, 0.1) is 0 Å². The molecule has 1 amide bonds. The molecule has 156 valence electrons. The monoisotopic (exact) mass is 417 g/mol. The topological polar surface area (TPSA) is 56.8 Å². The van der Waals surface area contributed by atoms with E-state index in [-0.39, 0.29) is 29.2 Å². The number of carbonyl (C=O) groups is 1. The van der Waals surface area contributed by atoms with Gasteiger partial charge in [-0.1, -0.05) is 30.3 Å². The summed E-state index contributed by atoms with van der Waals surface area (Å²) in [5.74, 6) is -1.31. The summed E-state index contributed by atoms with van der Waals surface area (Å²) in [6, 6.07) is 9.68. The van der Waals surface area contributed by atoms with Crippen LogP contribution in [0.4, 0.5) is 22.0 Å². The molecular weight excluding hydrogens is 401 g/mol. The van der Waals surface area contributed by atoms with Gasteiger partial charge in [-0.2, -0.15) is 8.78 Å². The van der Waals surface area contributed by atoms with Crippen molar-refractivity contribution in [2.45, 2.75) is 19.5 Å². The Kier molecular flexibility index (Phi) is 7.40. The molecule has 0 aromatic heterocycles. The zero-order valence-electron chi connectivity index (χ0n) is 15.0. The Labute approximate surface area is 162 Å². The van der Waals surface area contributed by atoms with Crippen LogP contribution in [-0.2, 0) is 11.3 Å². The predicted octanol–water partition coefficient (Wildman–Crippen LogP) is 4.52. The SMILES string of the molecule is COc1cccc(/C=C/C(=O)NCc2ccccc2OC(F)(F)F)c1OC(F)F. The van der Waals surface area contributed by atoms with Gasteiger partial charge >= 0.3 is 13.0 Å².